The van der Waals surface area contributed by atoms with Crippen LogP contribution in [0.2, 0.25) is 0 Å². The average molecular weight is 303 g/mol. The third-order valence-electron chi connectivity index (χ3n) is 3.07. The highest BCUT2D eigenvalue weighted by atomic mass is 16.5. The third kappa shape index (κ3) is 7.15. The quantitative estimate of drug-likeness (QED) is 0.681. The fraction of sp³-hybridized carbons (Fsp3) is 0.412. The van der Waals surface area contributed by atoms with Crippen LogP contribution in [0.5, 0.6) is 0 Å². The van der Waals surface area contributed by atoms with Crippen LogP contribution in [0.1, 0.15) is 18.9 Å². The second-order valence-corrected chi connectivity index (χ2v) is 4.86. The van der Waals surface area contributed by atoms with Crippen LogP contribution >= 0.6 is 0 Å². The van der Waals surface area contributed by atoms with Gasteiger partial charge in [-0.2, -0.15) is 0 Å². The second kappa shape index (κ2) is 10.7. The number of nitrogens with zero attached hydrogens (tertiary/aromatic N) is 1. The highest BCUT2D eigenvalue weighted by molar-refractivity contribution is 5.95. The first-order valence-electron chi connectivity index (χ1n) is 7.40. The van der Waals surface area contributed by atoms with Gasteiger partial charge in [0.2, 0.25) is 5.91 Å². The maximum atomic E-state index is 11.8. The van der Waals surface area contributed by atoms with Crippen molar-refractivity contribution in [1.82, 2.24) is 5.32 Å². The Balaban J connectivity index is 2.22. The summed E-state index contributed by atoms with van der Waals surface area (Å²) in [5.41, 5.74) is 7.81. The summed E-state index contributed by atoms with van der Waals surface area (Å²) >= 11 is 0. The molecule has 0 heterocycles. The number of carbonyl (C=O) groups is 1. The number of nitrogens with two attached hydrogens (primary N) is 1. The summed E-state index contributed by atoms with van der Waals surface area (Å²) in [6.45, 7) is 3.10. The van der Waals surface area contributed by atoms with Crippen LogP contribution in [0.4, 0.5) is 0 Å². The van der Waals surface area contributed by atoms with E-state index in [0.29, 0.717) is 19.6 Å². The van der Waals surface area contributed by atoms with Gasteiger partial charge in [-0.3, -0.25) is 9.79 Å². The molecule has 0 spiro atoms. The van der Waals surface area contributed by atoms with E-state index in [4.69, 9.17) is 10.5 Å². The maximum absolute atomic E-state index is 11.8. The number of hydrogen-bond acceptors (Lipinski definition) is 4. The third-order valence-corrected chi connectivity index (χ3v) is 3.07. The maximum Gasteiger partial charge on any atom is 0.239 e. The van der Waals surface area contributed by atoms with Crippen LogP contribution in [-0.4, -0.2) is 37.9 Å². The topological polar surface area (TPSA) is 76.7 Å². The molecule has 0 aromatic heterocycles. The van der Waals surface area contributed by atoms with Crippen molar-refractivity contribution in [3.8, 4) is 0 Å². The van der Waals surface area contributed by atoms with E-state index in [1.165, 1.54) is 0 Å². The molecule has 5 heteroatoms. The van der Waals surface area contributed by atoms with Crippen LogP contribution < -0.4 is 11.1 Å². The Labute approximate surface area is 132 Å². The second-order valence-electron chi connectivity index (χ2n) is 4.86. The van der Waals surface area contributed by atoms with Gasteiger partial charge < -0.3 is 15.8 Å². The summed E-state index contributed by atoms with van der Waals surface area (Å²) in [5, 5.41) is 2.80. The number of aliphatic imine (C=N–C) groups is 1. The smallest absolute Gasteiger partial charge is 0.239 e. The van der Waals surface area contributed by atoms with Gasteiger partial charge in [0.1, 0.15) is 6.04 Å². The van der Waals surface area contributed by atoms with Crippen molar-refractivity contribution in [3.63, 3.8) is 0 Å². The molecule has 0 aliphatic heterocycles. The molecule has 0 radical (unpaired) electrons. The molecule has 0 saturated heterocycles. The Hall–Kier alpha value is -1.98. The predicted octanol–water partition coefficient (Wildman–Crippen LogP) is 1.68. The molecule has 120 valence electrons. The standard InChI is InChI=1S/C17H25N3O2/c1-3-7-15(19-2)10-11-20-17(21)16(18)13-22-12-14-8-5-4-6-9-14/h3-9,16H,10-13,18H2,1-2H3,(H,20,21)/b7-3-,19-15?. The molecule has 5 nitrogen and oxygen atoms in total. The number of benzene rings is 1. The Bertz CT molecular complexity index is 498. The zero-order chi connectivity index (χ0) is 16.2. The van der Waals surface area contributed by atoms with Gasteiger partial charge in [0.15, 0.2) is 0 Å². The Morgan fingerprint density at radius 1 is 1.41 bits per heavy atom. The van der Waals surface area contributed by atoms with Gasteiger partial charge in [0.05, 0.1) is 13.2 Å². The van der Waals surface area contributed by atoms with E-state index in [0.717, 1.165) is 11.3 Å². The highest BCUT2D eigenvalue weighted by Crippen LogP contribution is 2.00. The number of allylic oxidation sites excluding steroid dienone is 2. The van der Waals surface area contributed by atoms with E-state index in [1.54, 1.807) is 7.05 Å². The molecule has 3 N–H and O–H groups in total. The summed E-state index contributed by atoms with van der Waals surface area (Å²) in [7, 11) is 1.74. The molecule has 1 aromatic carbocycles. The summed E-state index contributed by atoms with van der Waals surface area (Å²) in [6.07, 6.45) is 4.53. The molecule has 1 aromatic rings. The van der Waals surface area contributed by atoms with Gasteiger partial charge in [-0.1, -0.05) is 36.4 Å². The SMILES string of the molecule is C/C=C\C(CCNC(=O)C(N)COCc1ccccc1)=NC. The zero-order valence-electron chi connectivity index (χ0n) is 13.3. The van der Waals surface area contributed by atoms with E-state index >= 15 is 0 Å². The Kier molecular flexibility index (Phi) is 8.79. The first kappa shape index (κ1) is 18.1. The lowest BCUT2D eigenvalue weighted by atomic mass is 10.2. The largest absolute Gasteiger partial charge is 0.375 e. The Morgan fingerprint density at radius 3 is 2.77 bits per heavy atom. The van der Waals surface area contributed by atoms with E-state index in [1.807, 2.05) is 49.4 Å². The molecular weight excluding hydrogens is 278 g/mol. The lowest BCUT2D eigenvalue weighted by Gasteiger charge is -2.12. The molecule has 0 bridgehead atoms. The number of carbonyl (C=O) groups excluding carboxylic acids is 1. The van der Waals surface area contributed by atoms with Gasteiger partial charge in [-0.15, -0.1) is 0 Å². The van der Waals surface area contributed by atoms with Crippen molar-refractivity contribution < 1.29 is 9.53 Å². The van der Waals surface area contributed by atoms with Crippen molar-refractivity contribution >= 4 is 11.6 Å². The van der Waals surface area contributed by atoms with Gasteiger partial charge in [0, 0.05) is 25.7 Å². The van der Waals surface area contributed by atoms with Gasteiger partial charge in [-0.25, -0.2) is 0 Å². The molecule has 0 fully saturated rings. The minimum atomic E-state index is -0.660. The van der Waals surface area contributed by atoms with Crippen molar-refractivity contribution in [2.45, 2.75) is 26.0 Å². The molecule has 1 atom stereocenters. The summed E-state index contributed by atoms with van der Waals surface area (Å²) in [4.78, 5) is 16.0. The lowest BCUT2D eigenvalue weighted by molar-refractivity contribution is -0.123. The number of amides is 1. The summed E-state index contributed by atoms with van der Waals surface area (Å²) in [6, 6.07) is 9.13. The number of rotatable bonds is 9. The molecule has 1 amide bonds. The number of ether oxygens (including phenoxy) is 1. The Morgan fingerprint density at radius 2 is 2.14 bits per heavy atom. The van der Waals surface area contributed by atoms with E-state index in [9.17, 15) is 4.79 Å². The van der Waals surface area contributed by atoms with E-state index in [-0.39, 0.29) is 12.5 Å². The number of hydrogen-bond donors (Lipinski definition) is 2. The van der Waals surface area contributed by atoms with E-state index in [2.05, 4.69) is 10.3 Å². The van der Waals surface area contributed by atoms with Gasteiger partial charge >= 0.3 is 0 Å². The predicted molar refractivity (Wildman–Crippen MR) is 89.9 cm³/mol. The van der Waals surface area contributed by atoms with Crippen LogP contribution in [-0.2, 0) is 16.1 Å². The molecule has 1 unspecified atom stereocenters. The fourth-order valence-corrected chi connectivity index (χ4v) is 1.86. The van der Waals surface area contributed by atoms with Crippen LogP contribution in [0.15, 0.2) is 47.5 Å². The van der Waals surface area contributed by atoms with Gasteiger partial charge in [0.25, 0.3) is 0 Å². The van der Waals surface area contributed by atoms with Crippen LogP contribution in [0, 0.1) is 0 Å². The van der Waals surface area contributed by atoms with Crippen LogP contribution in [0.3, 0.4) is 0 Å². The van der Waals surface area contributed by atoms with Crippen molar-refractivity contribution in [1.29, 1.82) is 0 Å². The van der Waals surface area contributed by atoms with Gasteiger partial charge in [-0.05, 0) is 18.6 Å². The molecule has 0 aliphatic rings. The fourth-order valence-electron chi connectivity index (χ4n) is 1.86. The molecule has 0 saturated carbocycles. The summed E-state index contributed by atoms with van der Waals surface area (Å²) in [5.74, 6) is -0.205. The zero-order valence-corrected chi connectivity index (χ0v) is 13.3. The van der Waals surface area contributed by atoms with Crippen LogP contribution in [0.25, 0.3) is 0 Å². The number of nitrogens with one attached hydrogen (secondary N) is 1. The minimum absolute atomic E-state index is 0.199. The molecule has 0 aliphatic carbocycles. The monoisotopic (exact) mass is 303 g/mol. The normalized spacial score (nSPS) is 13.3. The van der Waals surface area contributed by atoms with E-state index < -0.39 is 6.04 Å². The molecule has 1 rings (SSSR count). The highest BCUT2D eigenvalue weighted by Gasteiger charge is 2.13. The first-order valence-corrected chi connectivity index (χ1v) is 7.40. The van der Waals surface area contributed by atoms with Crippen molar-refractivity contribution in [3.05, 3.63) is 48.0 Å². The molecular formula is C17H25N3O2. The summed E-state index contributed by atoms with van der Waals surface area (Å²) < 4.78 is 5.47. The first-order chi connectivity index (χ1) is 10.7. The average Bonchev–Trinajstić information content (AvgIpc) is 2.54. The lowest BCUT2D eigenvalue weighted by Crippen LogP contribution is -2.44. The minimum Gasteiger partial charge on any atom is -0.375 e. The van der Waals surface area contributed by atoms with Crippen molar-refractivity contribution in [2.75, 3.05) is 20.2 Å². The molecule has 22 heavy (non-hydrogen) atoms. The van der Waals surface area contributed by atoms with Crippen molar-refractivity contribution in [2.24, 2.45) is 10.7 Å².